The number of aromatic nitrogens is 2. The Morgan fingerprint density at radius 2 is 2.56 bits per heavy atom. The number of hydrogen-bond donors (Lipinski definition) is 2. The van der Waals surface area contributed by atoms with Gasteiger partial charge in [0.2, 0.25) is 0 Å². The molecule has 0 fully saturated rings. The predicted octanol–water partition coefficient (Wildman–Crippen LogP) is 0.648. The van der Waals surface area contributed by atoms with Crippen LogP contribution in [-0.4, -0.2) is 9.97 Å². The molecule has 1 aromatic heterocycles. The first-order chi connectivity index (χ1) is 4.22. The summed E-state index contributed by atoms with van der Waals surface area (Å²) >= 11 is 0. The van der Waals surface area contributed by atoms with Gasteiger partial charge >= 0.3 is 0 Å². The fourth-order valence-electron chi connectivity index (χ4n) is 0.683. The van der Waals surface area contributed by atoms with E-state index in [2.05, 4.69) is 16.5 Å². The highest BCUT2D eigenvalue weighted by atomic mass is 14.9. The van der Waals surface area contributed by atoms with Crippen LogP contribution in [0.5, 0.6) is 0 Å². The number of nitrogens with one attached hydrogen (secondary N) is 1. The molecule has 0 saturated heterocycles. The largest absolute Gasteiger partial charge is 0.397 e. The van der Waals surface area contributed by atoms with Gasteiger partial charge in [-0.1, -0.05) is 6.58 Å². The van der Waals surface area contributed by atoms with Gasteiger partial charge in [0.05, 0.1) is 12.0 Å². The molecule has 0 aliphatic rings. The molecule has 3 nitrogen and oxygen atoms in total. The minimum Gasteiger partial charge on any atom is -0.397 e. The van der Waals surface area contributed by atoms with Crippen LogP contribution in [0.4, 0.5) is 0 Å². The lowest BCUT2D eigenvalue weighted by Gasteiger charge is -1.92. The zero-order valence-corrected chi connectivity index (χ0v) is 5.31. The van der Waals surface area contributed by atoms with Crippen LogP contribution in [-0.2, 0) is 0 Å². The second-order valence-electron chi connectivity index (χ2n) is 1.90. The highest BCUT2D eigenvalue weighted by Crippen LogP contribution is 2.05. The molecule has 1 heterocycles. The van der Waals surface area contributed by atoms with E-state index < -0.39 is 0 Å². The normalized spacial score (nSPS) is 9.44. The van der Waals surface area contributed by atoms with Crippen molar-refractivity contribution in [1.29, 1.82) is 0 Å². The average Bonchev–Trinajstić information content (AvgIpc) is 2.13. The maximum absolute atomic E-state index is 5.38. The van der Waals surface area contributed by atoms with E-state index in [4.69, 9.17) is 5.73 Å². The van der Waals surface area contributed by atoms with Gasteiger partial charge in [0.25, 0.3) is 0 Å². The first-order valence-corrected chi connectivity index (χ1v) is 2.66. The molecule has 0 aliphatic carbocycles. The van der Waals surface area contributed by atoms with Crippen molar-refractivity contribution in [3.05, 3.63) is 24.3 Å². The van der Waals surface area contributed by atoms with Gasteiger partial charge in [-0.15, -0.1) is 0 Å². The Bertz CT molecular complexity index is 224. The lowest BCUT2D eigenvalue weighted by molar-refractivity contribution is 1.25. The van der Waals surface area contributed by atoms with Crippen LogP contribution in [0.1, 0.15) is 11.4 Å². The van der Waals surface area contributed by atoms with Gasteiger partial charge in [0.1, 0.15) is 5.69 Å². The molecular formula is C6H9N3. The number of aryl methyl sites for hydroxylation is 1. The van der Waals surface area contributed by atoms with Crippen molar-refractivity contribution in [3.8, 4) is 0 Å². The number of nitrogens with zero attached hydrogens (tertiary/aromatic N) is 1. The molecule has 1 rings (SSSR count). The molecule has 0 aromatic carbocycles. The number of aromatic amines is 1. The molecular weight excluding hydrogens is 114 g/mol. The average molecular weight is 123 g/mol. The van der Waals surface area contributed by atoms with E-state index in [0.717, 1.165) is 11.4 Å². The zero-order valence-electron chi connectivity index (χ0n) is 5.31. The number of rotatable bonds is 1. The van der Waals surface area contributed by atoms with E-state index in [-0.39, 0.29) is 0 Å². The summed E-state index contributed by atoms with van der Waals surface area (Å²) in [7, 11) is 0. The quantitative estimate of drug-likeness (QED) is 0.576. The van der Waals surface area contributed by atoms with Gasteiger partial charge in [-0.3, -0.25) is 0 Å². The highest BCUT2D eigenvalue weighted by molar-refractivity contribution is 5.58. The van der Waals surface area contributed by atoms with Crippen LogP contribution in [0.3, 0.4) is 0 Å². The topological polar surface area (TPSA) is 54.7 Å². The molecule has 1 aromatic rings. The van der Waals surface area contributed by atoms with Crippen LogP contribution in [0.25, 0.3) is 5.70 Å². The summed E-state index contributed by atoms with van der Waals surface area (Å²) in [6.45, 7) is 5.46. The van der Waals surface area contributed by atoms with Crippen molar-refractivity contribution in [2.24, 2.45) is 5.73 Å². The Morgan fingerprint density at radius 3 is 2.78 bits per heavy atom. The van der Waals surface area contributed by atoms with Crippen LogP contribution in [0, 0.1) is 6.92 Å². The predicted molar refractivity (Wildman–Crippen MR) is 36.5 cm³/mol. The van der Waals surface area contributed by atoms with Gasteiger partial charge in [0.15, 0.2) is 0 Å². The molecule has 0 saturated carbocycles. The van der Waals surface area contributed by atoms with Crippen molar-refractivity contribution in [2.75, 3.05) is 0 Å². The van der Waals surface area contributed by atoms with Crippen LogP contribution in [0.15, 0.2) is 12.9 Å². The number of H-pyrrole nitrogens is 1. The Hall–Kier alpha value is -1.25. The lowest BCUT2D eigenvalue weighted by atomic mass is 10.3. The van der Waals surface area contributed by atoms with E-state index in [1.165, 1.54) is 0 Å². The van der Waals surface area contributed by atoms with Gasteiger partial charge in [-0.25, -0.2) is 4.98 Å². The van der Waals surface area contributed by atoms with Crippen molar-refractivity contribution >= 4 is 5.70 Å². The smallest absolute Gasteiger partial charge is 0.106 e. The van der Waals surface area contributed by atoms with Crippen LogP contribution < -0.4 is 5.73 Å². The summed E-state index contributed by atoms with van der Waals surface area (Å²) in [6.07, 6.45) is 1.60. The highest BCUT2D eigenvalue weighted by Gasteiger charge is 1.99. The molecule has 3 N–H and O–H groups in total. The second-order valence-corrected chi connectivity index (χ2v) is 1.90. The molecule has 3 heteroatoms. The number of nitrogens with two attached hydrogens (primary N) is 1. The zero-order chi connectivity index (χ0) is 6.85. The fourth-order valence-corrected chi connectivity index (χ4v) is 0.683. The summed E-state index contributed by atoms with van der Waals surface area (Å²) < 4.78 is 0. The van der Waals surface area contributed by atoms with Gasteiger partial charge < -0.3 is 10.7 Å². The second kappa shape index (κ2) is 1.93. The minimum atomic E-state index is 0.508. The van der Waals surface area contributed by atoms with Gasteiger partial charge in [-0.05, 0) is 6.92 Å². The lowest BCUT2D eigenvalue weighted by Crippen LogP contribution is -1.95. The molecule has 0 radical (unpaired) electrons. The summed E-state index contributed by atoms with van der Waals surface area (Å²) in [6, 6.07) is 0. The third-order valence-corrected chi connectivity index (χ3v) is 1.13. The van der Waals surface area contributed by atoms with E-state index in [0.29, 0.717) is 5.70 Å². The fraction of sp³-hybridized carbons (Fsp3) is 0.167. The van der Waals surface area contributed by atoms with Gasteiger partial charge in [0, 0.05) is 5.69 Å². The molecule has 9 heavy (non-hydrogen) atoms. The monoisotopic (exact) mass is 123 g/mol. The van der Waals surface area contributed by atoms with Crippen molar-refractivity contribution in [2.45, 2.75) is 6.92 Å². The number of imidazole rings is 1. The van der Waals surface area contributed by atoms with E-state index in [1.54, 1.807) is 6.33 Å². The van der Waals surface area contributed by atoms with E-state index in [1.807, 2.05) is 6.92 Å². The maximum Gasteiger partial charge on any atom is 0.106 e. The summed E-state index contributed by atoms with van der Waals surface area (Å²) in [4.78, 5) is 6.83. The molecule has 0 unspecified atom stereocenters. The Labute approximate surface area is 53.6 Å². The van der Waals surface area contributed by atoms with Crippen molar-refractivity contribution < 1.29 is 0 Å². The standard InChI is InChI=1S/C6H9N3/c1-4(7)6-5(2)8-3-9-6/h3H,1,7H2,2H3,(H,8,9). The Morgan fingerprint density at radius 1 is 1.89 bits per heavy atom. The minimum absolute atomic E-state index is 0.508. The van der Waals surface area contributed by atoms with Crippen molar-refractivity contribution in [3.63, 3.8) is 0 Å². The third kappa shape index (κ3) is 0.937. The SMILES string of the molecule is C=C(N)c1nc[nH]c1C. The third-order valence-electron chi connectivity index (χ3n) is 1.13. The van der Waals surface area contributed by atoms with E-state index in [9.17, 15) is 0 Å². The molecule has 48 valence electrons. The molecule has 0 atom stereocenters. The van der Waals surface area contributed by atoms with Crippen molar-refractivity contribution in [1.82, 2.24) is 9.97 Å². The van der Waals surface area contributed by atoms with Crippen LogP contribution in [0.2, 0.25) is 0 Å². The number of hydrogen-bond acceptors (Lipinski definition) is 2. The first kappa shape index (κ1) is 5.88. The van der Waals surface area contributed by atoms with Gasteiger partial charge in [-0.2, -0.15) is 0 Å². The first-order valence-electron chi connectivity index (χ1n) is 2.66. The Kier molecular flexibility index (Phi) is 1.26. The molecule has 0 bridgehead atoms. The summed E-state index contributed by atoms with van der Waals surface area (Å²) in [5.41, 5.74) is 7.61. The molecule has 0 spiro atoms. The Balaban J connectivity index is 3.08. The summed E-state index contributed by atoms with van der Waals surface area (Å²) in [5, 5.41) is 0. The van der Waals surface area contributed by atoms with Crippen LogP contribution >= 0.6 is 0 Å². The van der Waals surface area contributed by atoms with E-state index >= 15 is 0 Å². The maximum atomic E-state index is 5.38. The summed E-state index contributed by atoms with van der Waals surface area (Å²) in [5.74, 6) is 0. The molecule has 0 aliphatic heterocycles. The molecule has 0 amide bonds.